The van der Waals surface area contributed by atoms with E-state index >= 15 is 0 Å². The average molecular weight is 381 g/mol. The Balaban J connectivity index is 1.56. The summed E-state index contributed by atoms with van der Waals surface area (Å²) in [6.07, 6.45) is 5.04. The summed E-state index contributed by atoms with van der Waals surface area (Å²) in [5.74, 6) is 0.381. The van der Waals surface area contributed by atoms with Gasteiger partial charge in [-0.2, -0.15) is 10.1 Å². The molecule has 0 aliphatic carbocycles. The van der Waals surface area contributed by atoms with Gasteiger partial charge in [0, 0.05) is 30.7 Å². The number of likely N-dealkylation sites (tertiary alicyclic amines) is 1. The first-order valence-corrected chi connectivity index (χ1v) is 9.15. The van der Waals surface area contributed by atoms with E-state index in [0.29, 0.717) is 18.1 Å². The number of aromatic nitrogens is 4. The molecule has 1 fully saturated rings. The monoisotopic (exact) mass is 381 g/mol. The lowest BCUT2D eigenvalue weighted by atomic mass is 10.2. The van der Waals surface area contributed by atoms with Gasteiger partial charge in [0.1, 0.15) is 6.54 Å². The van der Waals surface area contributed by atoms with Crippen molar-refractivity contribution in [2.24, 2.45) is 0 Å². The standard InChI is InChI=1S/C20H20FN5O2/c1-14-12-18(28-17-8-3-2-6-15(17)21)24-20(23-14)16-7-4-11-26(16)19(27)13-25-10-5-9-22-25/h2-3,5-6,8-10,12,16H,4,7,11,13H2,1H3. The van der Waals surface area contributed by atoms with Crippen LogP contribution in [-0.4, -0.2) is 37.1 Å². The first-order valence-electron chi connectivity index (χ1n) is 9.15. The molecular formula is C20H20FN5O2. The van der Waals surface area contributed by atoms with E-state index < -0.39 is 5.82 Å². The summed E-state index contributed by atoms with van der Waals surface area (Å²) in [6.45, 7) is 2.64. The molecule has 1 saturated heterocycles. The fourth-order valence-corrected chi connectivity index (χ4v) is 3.36. The van der Waals surface area contributed by atoms with Gasteiger partial charge in [-0.05, 0) is 38.0 Å². The van der Waals surface area contributed by atoms with E-state index in [1.54, 1.807) is 52.3 Å². The number of hydrogen-bond donors (Lipinski definition) is 0. The van der Waals surface area contributed by atoms with Gasteiger partial charge < -0.3 is 9.64 Å². The molecule has 1 atom stereocenters. The van der Waals surface area contributed by atoms with Crippen molar-refractivity contribution in [3.63, 3.8) is 0 Å². The number of hydrogen-bond acceptors (Lipinski definition) is 5. The number of aryl methyl sites for hydroxylation is 1. The Morgan fingerprint density at radius 2 is 2.14 bits per heavy atom. The van der Waals surface area contributed by atoms with E-state index in [0.717, 1.165) is 12.8 Å². The second kappa shape index (κ2) is 7.75. The van der Waals surface area contributed by atoms with Crippen LogP contribution in [0.15, 0.2) is 48.8 Å². The molecule has 0 bridgehead atoms. The number of carbonyl (C=O) groups excluding carboxylic acids is 1. The molecule has 4 rings (SSSR count). The van der Waals surface area contributed by atoms with Crippen molar-refractivity contribution in [1.29, 1.82) is 0 Å². The molecule has 7 nitrogen and oxygen atoms in total. The number of ether oxygens (including phenoxy) is 1. The summed E-state index contributed by atoms with van der Waals surface area (Å²) in [4.78, 5) is 23.5. The second-order valence-corrected chi connectivity index (χ2v) is 6.69. The molecule has 0 N–H and O–H groups in total. The molecule has 1 amide bonds. The number of rotatable bonds is 5. The van der Waals surface area contributed by atoms with Gasteiger partial charge in [0.15, 0.2) is 17.4 Å². The van der Waals surface area contributed by atoms with E-state index in [-0.39, 0.29) is 30.1 Å². The van der Waals surface area contributed by atoms with Crippen LogP contribution in [0.25, 0.3) is 0 Å². The summed E-state index contributed by atoms with van der Waals surface area (Å²) < 4.78 is 21.1. The fourth-order valence-electron chi connectivity index (χ4n) is 3.36. The highest BCUT2D eigenvalue weighted by atomic mass is 19.1. The third-order valence-electron chi connectivity index (χ3n) is 4.63. The topological polar surface area (TPSA) is 73.1 Å². The zero-order chi connectivity index (χ0) is 19.5. The maximum Gasteiger partial charge on any atom is 0.244 e. The predicted molar refractivity (Wildman–Crippen MR) is 99.2 cm³/mol. The minimum Gasteiger partial charge on any atom is -0.436 e. The third-order valence-corrected chi connectivity index (χ3v) is 4.63. The van der Waals surface area contributed by atoms with Crippen LogP contribution in [0.4, 0.5) is 4.39 Å². The zero-order valence-electron chi connectivity index (χ0n) is 15.5. The molecule has 1 aliphatic rings. The normalized spacial score (nSPS) is 16.4. The summed E-state index contributed by atoms with van der Waals surface area (Å²) in [7, 11) is 0. The Bertz CT molecular complexity index is 976. The Hall–Kier alpha value is -3.29. The number of carbonyl (C=O) groups is 1. The first-order chi connectivity index (χ1) is 13.6. The summed E-state index contributed by atoms with van der Waals surface area (Å²) in [6, 6.07) is 9.37. The van der Waals surface area contributed by atoms with Gasteiger partial charge in [-0.1, -0.05) is 12.1 Å². The van der Waals surface area contributed by atoms with Crippen molar-refractivity contribution in [3.05, 3.63) is 66.1 Å². The van der Waals surface area contributed by atoms with Gasteiger partial charge in [0.05, 0.1) is 6.04 Å². The molecule has 0 radical (unpaired) electrons. The molecule has 8 heteroatoms. The molecule has 0 spiro atoms. The van der Waals surface area contributed by atoms with Crippen molar-refractivity contribution >= 4 is 5.91 Å². The van der Waals surface area contributed by atoms with Crippen molar-refractivity contribution < 1.29 is 13.9 Å². The van der Waals surface area contributed by atoms with E-state index in [1.165, 1.54) is 6.07 Å². The third kappa shape index (κ3) is 3.85. The highest BCUT2D eigenvalue weighted by Gasteiger charge is 2.32. The number of halogens is 1. The van der Waals surface area contributed by atoms with Crippen LogP contribution in [0, 0.1) is 12.7 Å². The van der Waals surface area contributed by atoms with Crippen LogP contribution in [-0.2, 0) is 11.3 Å². The molecule has 28 heavy (non-hydrogen) atoms. The molecule has 0 saturated carbocycles. The van der Waals surface area contributed by atoms with Crippen LogP contribution >= 0.6 is 0 Å². The smallest absolute Gasteiger partial charge is 0.244 e. The summed E-state index contributed by atoms with van der Waals surface area (Å²) >= 11 is 0. The molecule has 1 aromatic carbocycles. The van der Waals surface area contributed by atoms with E-state index in [1.807, 2.05) is 6.92 Å². The molecule has 1 aliphatic heterocycles. The lowest BCUT2D eigenvalue weighted by Gasteiger charge is -2.24. The van der Waals surface area contributed by atoms with Crippen molar-refractivity contribution in [2.45, 2.75) is 32.4 Å². The van der Waals surface area contributed by atoms with Crippen molar-refractivity contribution in [2.75, 3.05) is 6.54 Å². The van der Waals surface area contributed by atoms with Crippen LogP contribution in [0.5, 0.6) is 11.6 Å². The van der Waals surface area contributed by atoms with Gasteiger partial charge in [-0.15, -0.1) is 0 Å². The van der Waals surface area contributed by atoms with E-state index in [4.69, 9.17) is 4.74 Å². The highest BCUT2D eigenvalue weighted by molar-refractivity contribution is 5.76. The highest BCUT2D eigenvalue weighted by Crippen LogP contribution is 2.32. The van der Waals surface area contributed by atoms with Crippen molar-refractivity contribution in [1.82, 2.24) is 24.6 Å². The summed E-state index contributed by atoms with van der Waals surface area (Å²) in [5.41, 5.74) is 0.697. The van der Waals surface area contributed by atoms with Crippen molar-refractivity contribution in [3.8, 4) is 11.6 Å². The Morgan fingerprint density at radius 1 is 1.29 bits per heavy atom. The SMILES string of the molecule is Cc1cc(Oc2ccccc2F)nc(C2CCCN2C(=O)Cn2cccn2)n1. The van der Waals surface area contributed by atoms with E-state index in [2.05, 4.69) is 15.1 Å². The lowest BCUT2D eigenvalue weighted by Crippen LogP contribution is -2.34. The Kier molecular flexibility index (Phi) is 5.01. The van der Waals surface area contributed by atoms with Gasteiger partial charge in [0.25, 0.3) is 0 Å². The number of nitrogens with zero attached hydrogens (tertiary/aromatic N) is 5. The van der Waals surface area contributed by atoms with Crippen LogP contribution in [0.2, 0.25) is 0 Å². The second-order valence-electron chi connectivity index (χ2n) is 6.69. The van der Waals surface area contributed by atoms with Crippen LogP contribution in [0.3, 0.4) is 0 Å². The van der Waals surface area contributed by atoms with Gasteiger partial charge in [-0.25, -0.2) is 9.37 Å². The largest absolute Gasteiger partial charge is 0.436 e. The number of para-hydroxylation sites is 1. The van der Waals surface area contributed by atoms with Gasteiger partial charge in [0.2, 0.25) is 11.8 Å². The molecule has 3 heterocycles. The maximum atomic E-state index is 13.9. The molecular weight excluding hydrogens is 361 g/mol. The van der Waals surface area contributed by atoms with Gasteiger partial charge >= 0.3 is 0 Å². The molecule has 3 aromatic rings. The molecule has 2 aromatic heterocycles. The number of benzene rings is 1. The average Bonchev–Trinajstić information content (AvgIpc) is 3.35. The molecule has 144 valence electrons. The van der Waals surface area contributed by atoms with Gasteiger partial charge in [-0.3, -0.25) is 9.48 Å². The minimum absolute atomic E-state index is 0.0344. The minimum atomic E-state index is -0.461. The lowest BCUT2D eigenvalue weighted by molar-refractivity contribution is -0.133. The fraction of sp³-hybridized carbons (Fsp3) is 0.300. The van der Waals surface area contributed by atoms with E-state index in [9.17, 15) is 9.18 Å². The first kappa shape index (κ1) is 18.1. The molecule has 1 unspecified atom stereocenters. The quantitative estimate of drug-likeness (QED) is 0.678. The van der Waals surface area contributed by atoms with Crippen LogP contribution < -0.4 is 4.74 Å². The summed E-state index contributed by atoms with van der Waals surface area (Å²) in [5, 5.41) is 4.09. The Labute approximate surface area is 161 Å². The van der Waals surface area contributed by atoms with Crippen LogP contribution in [0.1, 0.15) is 30.4 Å². The zero-order valence-corrected chi connectivity index (χ0v) is 15.5. The Morgan fingerprint density at radius 3 is 2.93 bits per heavy atom. The maximum absolute atomic E-state index is 13.9. The number of amides is 1. The predicted octanol–water partition coefficient (Wildman–Crippen LogP) is 3.28.